The molecular weight excluding hydrogens is 288 g/mol. The first-order valence-corrected chi connectivity index (χ1v) is 9.07. The van der Waals surface area contributed by atoms with E-state index in [-0.39, 0.29) is 24.2 Å². The first-order chi connectivity index (χ1) is 10.1. The van der Waals surface area contributed by atoms with Crippen molar-refractivity contribution in [1.29, 1.82) is 0 Å². The average Bonchev–Trinajstić information content (AvgIpc) is 2.83. The van der Waals surface area contributed by atoms with Gasteiger partial charge in [-0.25, -0.2) is 8.42 Å². The summed E-state index contributed by atoms with van der Waals surface area (Å²) in [6, 6.07) is 7.79. The first kappa shape index (κ1) is 14.5. The molecule has 1 unspecified atom stereocenters. The lowest BCUT2D eigenvalue weighted by atomic mass is 9.95. The van der Waals surface area contributed by atoms with Crippen LogP contribution >= 0.6 is 0 Å². The Morgan fingerprint density at radius 3 is 2.76 bits per heavy atom. The molecule has 1 aromatic rings. The molecule has 2 aliphatic rings. The molecule has 6 heteroatoms. The highest BCUT2D eigenvalue weighted by Gasteiger charge is 2.32. The molecule has 1 saturated heterocycles. The first-order valence-electron chi connectivity index (χ1n) is 7.36. The summed E-state index contributed by atoms with van der Waals surface area (Å²) in [6.07, 6.45) is 2.01. The van der Waals surface area contributed by atoms with Gasteiger partial charge in [-0.15, -0.1) is 0 Å². The summed E-state index contributed by atoms with van der Waals surface area (Å²) in [4.78, 5) is 12.2. The molecule has 0 saturated carbocycles. The predicted molar refractivity (Wildman–Crippen MR) is 80.6 cm³/mol. The van der Waals surface area contributed by atoms with Gasteiger partial charge in [0, 0.05) is 13.1 Å². The van der Waals surface area contributed by atoms with Crippen molar-refractivity contribution in [3.05, 3.63) is 35.4 Å². The molecule has 5 nitrogen and oxygen atoms in total. The maximum atomic E-state index is 12.2. The summed E-state index contributed by atoms with van der Waals surface area (Å²) < 4.78 is 23.5. The zero-order chi connectivity index (χ0) is 14.9. The molecule has 2 aliphatic heterocycles. The van der Waals surface area contributed by atoms with Crippen LogP contribution in [0.2, 0.25) is 0 Å². The van der Waals surface area contributed by atoms with E-state index >= 15 is 0 Å². The lowest BCUT2D eigenvalue weighted by Gasteiger charge is -2.25. The fraction of sp³-hybridized carbons (Fsp3) is 0.533. The van der Waals surface area contributed by atoms with Crippen molar-refractivity contribution < 1.29 is 13.2 Å². The molecule has 0 aliphatic carbocycles. The zero-order valence-corrected chi connectivity index (χ0v) is 12.7. The molecule has 1 aromatic carbocycles. The van der Waals surface area contributed by atoms with Crippen LogP contribution in [0.4, 0.5) is 0 Å². The van der Waals surface area contributed by atoms with Gasteiger partial charge in [0.05, 0.1) is 17.0 Å². The molecular formula is C15H20N2O3S. The Kier molecular flexibility index (Phi) is 3.99. The second-order valence-electron chi connectivity index (χ2n) is 5.78. The van der Waals surface area contributed by atoms with E-state index in [0.29, 0.717) is 25.8 Å². The second kappa shape index (κ2) is 5.77. The number of fused-ring (bicyclic) bond motifs is 1. The monoisotopic (exact) mass is 308 g/mol. The van der Waals surface area contributed by atoms with Crippen molar-refractivity contribution in [3.8, 4) is 0 Å². The Morgan fingerprint density at radius 1 is 1.29 bits per heavy atom. The largest absolute Gasteiger partial charge is 0.353 e. The Bertz CT molecular complexity index is 642. The van der Waals surface area contributed by atoms with Gasteiger partial charge < -0.3 is 10.6 Å². The second-order valence-corrected chi connectivity index (χ2v) is 8.18. The van der Waals surface area contributed by atoms with Crippen LogP contribution in [-0.2, 0) is 27.6 Å². The molecule has 0 radical (unpaired) electrons. The fourth-order valence-electron chi connectivity index (χ4n) is 3.06. The Morgan fingerprint density at radius 2 is 2.05 bits per heavy atom. The van der Waals surface area contributed by atoms with Crippen molar-refractivity contribution >= 4 is 15.7 Å². The van der Waals surface area contributed by atoms with Gasteiger partial charge in [-0.3, -0.25) is 4.79 Å². The lowest BCUT2D eigenvalue weighted by Crippen LogP contribution is -2.49. The van der Waals surface area contributed by atoms with Gasteiger partial charge in [-0.05, 0) is 30.4 Å². The molecule has 1 fully saturated rings. The highest BCUT2D eigenvalue weighted by molar-refractivity contribution is 7.92. The van der Waals surface area contributed by atoms with Crippen molar-refractivity contribution in [3.63, 3.8) is 0 Å². The Balaban J connectivity index is 1.57. The SMILES string of the molecule is O=C(NCC1CCCS1(=O)=O)[C@@H]1Cc2ccccc2CN1. The van der Waals surface area contributed by atoms with Gasteiger partial charge in [0.2, 0.25) is 5.91 Å². The van der Waals surface area contributed by atoms with Crippen LogP contribution in [0, 0.1) is 0 Å². The summed E-state index contributed by atoms with van der Waals surface area (Å²) in [5.74, 6) is 0.148. The summed E-state index contributed by atoms with van der Waals surface area (Å²) in [6.45, 7) is 0.914. The van der Waals surface area contributed by atoms with E-state index in [4.69, 9.17) is 0 Å². The van der Waals surface area contributed by atoms with Gasteiger partial charge in [0.1, 0.15) is 0 Å². The summed E-state index contributed by atoms with van der Waals surface area (Å²) in [5.41, 5.74) is 2.41. The van der Waals surface area contributed by atoms with Crippen LogP contribution in [0.3, 0.4) is 0 Å². The van der Waals surface area contributed by atoms with Crippen molar-refractivity contribution in [1.82, 2.24) is 10.6 Å². The van der Waals surface area contributed by atoms with Gasteiger partial charge in [0.15, 0.2) is 9.84 Å². The molecule has 0 aromatic heterocycles. The van der Waals surface area contributed by atoms with Crippen LogP contribution in [0.25, 0.3) is 0 Å². The van der Waals surface area contributed by atoms with Crippen molar-refractivity contribution in [2.45, 2.75) is 37.1 Å². The summed E-state index contributed by atoms with van der Waals surface area (Å²) in [5, 5.41) is 5.60. The van der Waals surface area contributed by atoms with E-state index in [9.17, 15) is 13.2 Å². The minimum atomic E-state index is -3.00. The molecule has 2 atom stereocenters. The minimum absolute atomic E-state index is 0.105. The van der Waals surface area contributed by atoms with E-state index in [1.54, 1.807) is 0 Å². The number of amides is 1. The van der Waals surface area contributed by atoms with E-state index in [1.165, 1.54) is 11.1 Å². The quantitative estimate of drug-likeness (QED) is 0.847. The van der Waals surface area contributed by atoms with Crippen molar-refractivity contribution in [2.24, 2.45) is 0 Å². The number of carbonyl (C=O) groups is 1. The molecule has 2 N–H and O–H groups in total. The van der Waals surface area contributed by atoms with Gasteiger partial charge in [-0.1, -0.05) is 24.3 Å². The number of carbonyl (C=O) groups excluding carboxylic acids is 1. The highest BCUT2D eigenvalue weighted by atomic mass is 32.2. The Labute approximate surface area is 125 Å². The van der Waals surface area contributed by atoms with Crippen LogP contribution in [-0.4, -0.2) is 37.9 Å². The molecule has 0 bridgehead atoms. The van der Waals surface area contributed by atoms with Crippen LogP contribution in [0.5, 0.6) is 0 Å². The fourth-order valence-corrected chi connectivity index (χ4v) is 4.83. The standard InChI is InChI=1S/C15H20N2O3S/c18-15(17-10-13-6-3-7-21(13,19)20)14-8-11-4-1-2-5-12(11)9-16-14/h1-2,4-5,13-14,16H,3,6-10H2,(H,17,18)/t13?,14-/m0/s1. The molecule has 2 heterocycles. The topological polar surface area (TPSA) is 75.3 Å². The summed E-state index contributed by atoms with van der Waals surface area (Å²) in [7, 11) is -3.00. The van der Waals surface area contributed by atoms with E-state index in [1.807, 2.05) is 18.2 Å². The Hall–Kier alpha value is -1.40. The maximum absolute atomic E-state index is 12.2. The number of rotatable bonds is 3. The van der Waals surface area contributed by atoms with E-state index in [0.717, 1.165) is 0 Å². The number of benzene rings is 1. The van der Waals surface area contributed by atoms with Gasteiger partial charge in [0.25, 0.3) is 0 Å². The molecule has 21 heavy (non-hydrogen) atoms. The zero-order valence-electron chi connectivity index (χ0n) is 11.8. The third-order valence-electron chi connectivity index (χ3n) is 4.36. The smallest absolute Gasteiger partial charge is 0.237 e. The van der Waals surface area contributed by atoms with Crippen LogP contribution in [0.1, 0.15) is 24.0 Å². The average molecular weight is 308 g/mol. The van der Waals surface area contributed by atoms with Gasteiger partial charge in [-0.2, -0.15) is 0 Å². The normalized spacial score (nSPS) is 27.0. The number of sulfone groups is 1. The minimum Gasteiger partial charge on any atom is -0.353 e. The number of hydrogen-bond acceptors (Lipinski definition) is 4. The van der Waals surface area contributed by atoms with E-state index < -0.39 is 15.1 Å². The molecule has 0 spiro atoms. The summed E-state index contributed by atoms with van der Waals surface area (Å²) >= 11 is 0. The number of nitrogens with one attached hydrogen (secondary N) is 2. The van der Waals surface area contributed by atoms with E-state index in [2.05, 4.69) is 16.7 Å². The molecule has 114 valence electrons. The third-order valence-corrected chi connectivity index (χ3v) is 6.64. The third kappa shape index (κ3) is 3.11. The van der Waals surface area contributed by atoms with Crippen LogP contribution in [0.15, 0.2) is 24.3 Å². The number of hydrogen-bond donors (Lipinski definition) is 2. The maximum Gasteiger partial charge on any atom is 0.237 e. The molecule has 1 amide bonds. The highest BCUT2D eigenvalue weighted by Crippen LogP contribution is 2.19. The predicted octanol–water partition coefficient (Wildman–Crippen LogP) is 0.394. The molecule has 3 rings (SSSR count). The lowest BCUT2D eigenvalue weighted by molar-refractivity contribution is -0.123. The van der Waals surface area contributed by atoms with Crippen LogP contribution < -0.4 is 10.6 Å². The van der Waals surface area contributed by atoms with Crippen molar-refractivity contribution in [2.75, 3.05) is 12.3 Å². The van der Waals surface area contributed by atoms with Gasteiger partial charge >= 0.3 is 0 Å².